The largest absolute Gasteiger partial charge is 0.378 e. The highest BCUT2D eigenvalue weighted by atomic mass is 16.5. The Labute approximate surface area is 137 Å². The number of carbonyl (C=O) groups excluding carboxylic acids is 1. The van der Waals surface area contributed by atoms with Crippen molar-refractivity contribution in [2.75, 3.05) is 36.5 Å². The number of carbonyl (C=O) groups is 1. The lowest BCUT2D eigenvalue weighted by Gasteiger charge is -2.28. The van der Waals surface area contributed by atoms with Crippen molar-refractivity contribution in [3.63, 3.8) is 0 Å². The SMILES string of the molecule is Cc1ccc(C(=O)Nc2ccc(N3CCOCC3)cc2)c(C)c1. The highest BCUT2D eigenvalue weighted by molar-refractivity contribution is 6.05. The maximum atomic E-state index is 12.4. The maximum Gasteiger partial charge on any atom is 0.255 e. The summed E-state index contributed by atoms with van der Waals surface area (Å²) >= 11 is 0. The van der Waals surface area contributed by atoms with Gasteiger partial charge < -0.3 is 15.0 Å². The average molecular weight is 310 g/mol. The molecule has 1 heterocycles. The molecular formula is C19H22N2O2. The number of nitrogens with one attached hydrogen (secondary N) is 1. The molecule has 4 heteroatoms. The minimum Gasteiger partial charge on any atom is -0.378 e. The van der Waals surface area contributed by atoms with Gasteiger partial charge in [-0.2, -0.15) is 0 Å². The standard InChI is InChI=1S/C19H22N2O2/c1-14-3-8-18(15(2)13-14)19(22)20-16-4-6-17(7-5-16)21-9-11-23-12-10-21/h3-8,13H,9-12H2,1-2H3,(H,20,22). The first-order valence-corrected chi connectivity index (χ1v) is 7.95. The molecule has 0 radical (unpaired) electrons. The van der Waals surface area contributed by atoms with Gasteiger partial charge >= 0.3 is 0 Å². The summed E-state index contributed by atoms with van der Waals surface area (Å²) in [7, 11) is 0. The van der Waals surface area contributed by atoms with Crippen LogP contribution in [0.5, 0.6) is 0 Å². The first kappa shape index (κ1) is 15.6. The summed E-state index contributed by atoms with van der Waals surface area (Å²) in [5.74, 6) is -0.0679. The molecule has 0 spiro atoms. The molecule has 23 heavy (non-hydrogen) atoms. The molecule has 120 valence electrons. The van der Waals surface area contributed by atoms with E-state index in [0.717, 1.165) is 48.8 Å². The van der Waals surface area contributed by atoms with E-state index in [4.69, 9.17) is 4.74 Å². The minimum absolute atomic E-state index is 0.0679. The highest BCUT2D eigenvalue weighted by Crippen LogP contribution is 2.20. The summed E-state index contributed by atoms with van der Waals surface area (Å²) < 4.78 is 5.37. The van der Waals surface area contributed by atoms with E-state index in [-0.39, 0.29) is 5.91 Å². The van der Waals surface area contributed by atoms with Gasteiger partial charge in [-0.15, -0.1) is 0 Å². The summed E-state index contributed by atoms with van der Waals surface area (Å²) in [6.07, 6.45) is 0. The van der Waals surface area contributed by atoms with E-state index >= 15 is 0 Å². The Hall–Kier alpha value is -2.33. The second kappa shape index (κ2) is 6.84. The highest BCUT2D eigenvalue weighted by Gasteiger charge is 2.12. The maximum absolute atomic E-state index is 12.4. The second-order valence-corrected chi connectivity index (χ2v) is 5.92. The van der Waals surface area contributed by atoms with Crippen molar-refractivity contribution in [2.24, 2.45) is 0 Å². The zero-order chi connectivity index (χ0) is 16.2. The summed E-state index contributed by atoms with van der Waals surface area (Å²) in [6, 6.07) is 13.9. The molecule has 1 aliphatic rings. The van der Waals surface area contributed by atoms with Gasteiger partial charge in [0.25, 0.3) is 5.91 Å². The summed E-state index contributed by atoms with van der Waals surface area (Å²) in [5.41, 5.74) is 4.85. The van der Waals surface area contributed by atoms with Crippen molar-refractivity contribution >= 4 is 17.3 Å². The molecule has 1 N–H and O–H groups in total. The van der Waals surface area contributed by atoms with Crippen LogP contribution in [0.3, 0.4) is 0 Å². The second-order valence-electron chi connectivity index (χ2n) is 5.92. The molecule has 0 atom stereocenters. The molecule has 0 aromatic heterocycles. The van der Waals surface area contributed by atoms with Crippen molar-refractivity contribution in [3.05, 3.63) is 59.2 Å². The average Bonchev–Trinajstić information content (AvgIpc) is 2.56. The van der Waals surface area contributed by atoms with Crippen molar-refractivity contribution in [1.29, 1.82) is 0 Å². The monoisotopic (exact) mass is 310 g/mol. The Morgan fingerprint density at radius 3 is 2.39 bits per heavy atom. The lowest BCUT2D eigenvalue weighted by molar-refractivity contribution is 0.102. The molecule has 4 nitrogen and oxygen atoms in total. The number of benzene rings is 2. The van der Waals surface area contributed by atoms with Crippen molar-refractivity contribution in [3.8, 4) is 0 Å². The van der Waals surface area contributed by atoms with Gasteiger partial charge in [-0.1, -0.05) is 17.7 Å². The summed E-state index contributed by atoms with van der Waals surface area (Å²) in [5, 5.41) is 2.97. The van der Waals surface area contributed by atoms with Gasteiger partial charge in [-0.25, -0.2) is 0 Å². The third-order valence-electron chi connectivity index (χ3n) is 4.13. The van der Waals surface area contributed by atoms with Crippen LogP contribution in [0, 0.1) is 13.8 Å². The lowest BCUT2D eigenvalue weighted by atomic mass is 10.1. The van der Waals surface area contributed by atoms with Crippen LogP contribution in [0.2, 0.25) is 0 Å². The molecule has 1 aliphatic heterocycles. The summed E-state index contributed by atoms with van der Waals surface area (Å²) in [6.45, 7) is 7.35. The zero-order valence-electron chi connectivity index (χ0n) is 13.6. The van der Waals surface area contributed by atoms with Gasteiger partial charge in [0, 0.05) is 30.0 Å². The van der Waals surface area contributed by atoms with E-state index in [1.165, 1.54) is 0 Å². The summed E-state index contributed by atoms with van der Waals surface area (Å²) in [4.78, 5) is 14.7. The number of hydrogen-bond donors (Lipinski definition) is 1. The normalized spacial score (nSPS) is 14.6. The quantitative estimate of drug-likeness (QED) is 0.945. The number of aryl methyl sites for hydroxylation is 2. The molecule has 1 amide bonds. The first-order chi connectivity index (χ1) is 11.1. The third-order valence-corrected chi connectivity index (χ3v) is 4.13. The van der Waals surface area contributed by atoms with Gasteiger partial charge in [0.05, 0.1) is 13.2 Å². The van der Waals surface area contributed by atoms with E-state index in [2.05, 4.69) is 10.2 Å². The van der Waals surface area contributed by atoms with E-state index in [9.17, 15) is 4.79 Å². The fourth-order valence-electron chi connectivity index (χ4n) is 2.84. The number of rotatable bonds is 3. The molecule has 1 saturated heterocycles. The molecule has 2 aromatic rings. The minimum atomic E-state index is -0.0679. The predicted molar refractivity (Wildman–Crippen MR) is 93.3 cm³/mol. The molecule has 0 aliphatic carbocycles. The van der Waals surface area contributed by atoms with E-state index in [1.54, 1.807) is 0 Å². The van der Waals surface area contributed by atoms with Gasteiger partial charge in [0.15, 0.2) is 0 Å². The van der Waals surface area contributed by atoms with Crippen molar-refractivity contribution in [1.82, 2.24) is 0 Å². The molecule has 0 saturated carbocycles. The van der Waals surface area contributed by atoms with Crippen LogP contribution in [0.1, 0.15) is 21.5 Å². The van der Waals surface area contributed by atoms with Crippen LogP contribution in [0.15, 0.2) is 42.5 Å². The fourth-order valence-corrected chi connectivity index (χ4v) is 2.84. The van der Waals surface area contributed by atoms with Gasteiger partial charge in [-0.3, -0.25) is 4.79 Å². The van der Waals surface area contributed by atoms with Crippen LogP contribution >= 0.6 is 0 Å². The van der Waals surface area contributed by atoms with Gasteiger partial charge in [0.1, 0.15) is 0 Å². The predicted octanol–water partition coefficient (Wildman–Crippen LogP) is 3.39. The lowest BCUT2D eigenvalue weighted by Crippen LogP contribution is -2.36. The number of morpholine rings is 1. The fraction of sp³-hybridized carbons (Fsp3) is 0.316. The van der Waals surface area contributed by atoms with Crippen molar-refractivity contribution in [2.45, 2.75) is 13.8 Å². The zero-order valence-corrected chi connectivity index (χ0v) is 13.6. The Morgan fingerprint density at radius 2 is 1.74 bits per heavy atom. The molecular weight excluding hydrogens is 288 g/mol. The van der Waals surface area contributed by atoms with E-state index in [1.807, 2.05) is 56.3 Å². The van der Waals surface area contributed by atoms with Crippen LogP contribution in [-0.2, 0) is 4.74 Å². The Bertz CT molecular complexity index is 689. The molecule has 0 unspecified atom stereocenters. The topological polar surface area (TPSA) is 41.6 Å². The molecule has 1 fully saturated rings. The number of nitrogens with zero attached hydrogens (tertiary/aromatic N) is 1. The number of amides is 1. The van der Waals surface area contributed by atoms with E-state index < -0.39 is 0 Å². The van der Waals surface area contributed by atoms with Gasteiger partial charge in [0.2, 0.25) is 0 Å². The Morgan fingerprint density at radius 1 is 1.04 bits per heavy atom. The van der Waals surface area contributed by atoms with Gasteiger partial charge in [-0.05, 0) is 49.7 Å². The van der Waals surface area contributed by atoms with Crippen LogP contribution in [0.25, 0.3) is 0 Å². The van der Waals surface area contributed by atoms with Crippen LogP contribution < -0.4 is 10.2 Å². The number of anilines is 2. The molecule has 0 bridgehead atoms. The molecule has 3 rings (SSSR count). The number of ether oxygens (including phenoxy) is 1. The van der Waals surface area contributed by atoms with E-state index in [0.29, 0.717) is 5.56 Å². The Kier molecular flexibility index (Phi) is 4.63. The first-order valence-electron chi connectivity index (χ1n) is 7.95. The third kappa shape index (κ3) is 3.71. The van der Waals surface area contributed by atoms with Crippen LogP contribution in [0.4, 0.5) is 11.4 Å². The Balaban J connectivity index is 1.69. The van der Waals surface area contributed by atoms with Crippen molar-refractivity contribution < 1.29 is 9.53 Å². The molecule has 2 aromatic carbocycles. The van der Waals surface area contributed by atoms with Crippen LogP contribution in [-0.4, -0.2) is 32.2 Å². The number of hydrogen-bond acceptors (Lipinski definition) is 3. The smallest absolute Gasteiger partial charge is 0.255 e.